The van der Waals surface area contributed by atoms with Crippen molar-refractivity contribution < 1.29 is 0 Å². The molecule has 2 nitrogen and oxygen atoms in total. The molecule has 0 amide bonds. The van der Waals surface area contributed by atoms with E-state index in [2.05, 4.69) is 58.2 Å². The first-order valence-electron chi connectivity index (χ1n) is 6.49. The number of hydrogen-bond donors (Lipinski definition) is 1. The van der Waals surface area contributed by atoms with E-state index in [-0.39, 0.29) is 0 Å². The predicted octanol–water partition coefficient (Wildman–Crippen LogP) is 3.81. The largest absolute Gasteiger partial charge is 0.397 e. The average molecular weight is 317 g/mol. The Morgan fingerprint density at radius 1 is 1.26 bits per heavy atom. The lowest BCUT2D eigenvalue weighted by atomic mass is 9.77. The van der Waals surface area contributed by atoms with E-state index in [1.54, 1.807) is 0 Å². The van der Waals surface area contributed by atoms with Crippen molar-refractivity contribution in [2.45, 2.75) is 12.3 Å². The Balaban J connectivity index is 1.75. The van der Waals surface area contributed by atoms with Crippen LogP contribution in [0.15, 0.2) is 46.9 Å². The van der Waals surface area contributed by atoms with Crippen molar-refractivity contribution in [1.29, 1.82) is 0 Å². The second kappa shape index (κ2) is 4.89. The molecule has 1 unspecified atom stereocenters. The van der Waals surface area contributed by atoms with Crippen LogP contribution in [0.5, 0.6) is 0 Å². The highest BCUT2D eigenvalue weighted by Crippen LogP contribution is 2.36. The zero-order chi connectivity index (χ0) is 13.4. The molecule has 0 fully saturated rings. The molecule has 2 N–H and O–H groups in total. The van der Waals surface area contributed by atoms with Gasteiger partial charge in [0.05, 0.1) is 11.4 Å². The van der Waals surface area contributed by atoms with Crippen molar-refractivity contribution >= 4 is 27.3 Å². The smallest absolute Gasteiger partial charge is 0.0598 e. The maximum atomic E-state index is 6.08. The molecule has 0 saturated heterocycles. The molecule has 3 rings (SSSR count). The average Bonchev–Trinajstić information content (AvgIpc) is 2.35. The van der Waals surface area contributed by atoms with Gasteiger partial charge in [0.2, 0.25) is 0 Å². The summed E-state index contributed by atoms with van der Waals surface area (Å²) in [6, 6.07) is 14.8. The fourth-order valence-electron chi connectivity index (χ4n) is 2.83. The first-order valence-corrected chi connectivity index (χ1v) is 7.28. The quantitative estimate of drug-likeness (QED) is 0.872. The summed E-state index contributed by atoms with van der Waals surface area (Å²) in [6.07, 6.45) is 1.18. The van der Waals surface area contributed by atoms with E-state index in [9.17, 15) is 0 Å². The maximum Gasteiger partial charge on any atom is 0.0598 e. The summed E-state index contributed by atoms with van der Waals surface area (Å²) in [4.78, 5) is 2.25. The number of nitrogens with zero attached hydrogens (tertiary/aromatic N) is 1. The highest BCUT2D eigenvalue weighted by atomic mass is 79.9. The molecule has 0 spiro atoms. The van der Waals surface area contributed by atoms with Crippen molar-refractivity contribution in [3.63, 3.8) is 0 Å². The van der Waals surface area contributed by atoms with E-state index in [0.29, 0.717) is 5.92 Å². The number of likely N-dealkylation sites (N-methyl/N-ethyl adjacent to an activating group) is 1. The third-order valence-corrected chi connectivity index (χ3v) is 4.35. The summed E-state index contributed by atoms with van der Waals surface area (Å²) in [5.74, 6) is 0.629. The Hall–Kier alpha value is -1.48. The number of rotatable bonds is 3. The van der Waals surface area contributed by atoms with Gasteiger partial charge in [-0.3, -0.25) is 0 Å². The minimum Gasteiger partial charge on any atom is -0.397 e. The molecule has 1 aliphatic carbocycles. The number of halogens is 1. The van der Waals surface area contributed by atoms with Gasteiger partial charge in [-0.25, -0.2) is 0 Å². The van der Waals surface area contributed by atoms with E-state index >= 15 is 0 Å². The normalized spacial score (nSPS) is 16.6. The van der Waals surface area contributed by atoms with Crippen molar-refractivity contribution in [3.8, 4) is 0 Å². The van der Waals surface area contributed by atoms with E-state index < -0.39 is 0 Å². The Morgan fingerprint density at radius 3 is 2.79 bits per heavy atom. The van der Waals surface area contributed by atoms with E-state index in [4.69, 9.17) is 5.73 Å². The molecule has 0 radical (unpaired) electrons. The summed E-state index contributed by atoms with van der Waals surface area (Å²) in [5.41, 5.74) is 11.0. The van der Waals surface area contributed by atoms with Gasteiger partial charge in [-0.1, -0.05) is 40.2 Å². The summed E-state index contributed by atoms with van der Waals surface area (Å²) >= 11 is 3.44. The number of hydrogen-bond acceptors (Lipinski definition) is 2. The maximum absolute atomic E-state index is 6.08. The monoisotopic (exact) mass is 316 g/mol. The van der Waals surface area contributed by atoms with Gasteiger partial charge in [0.1, 0.15) is 0 Å². The number of nitrogen functional groups attached to an aromatic ring is 1. The summed E-state index contributed by atoms with van der Waals surface area (Å²) < 4.78 is 1.02. The zero-order valence-corrected chi connectivity index (χ0v) is 12.5. The number of benzene rings is 2. The van der Waals surface area contributed by atoms with E-state index in [1.807, 2.05) is 12.1 Å². The first-order chi connectivity index (χ1) is 9.15. The molecule has 0 heterocycles. The molecule has 0 aliphatic heterocycles. The van der Waals surface area contributed by atoms with Crippen LogP contribution in [0.3, 0.4) is 0 Å². The summed E-state index contributed by atoms with van der Waals surface area (Å²) in [6.45, 7) is 1.02. The SMILES string of the molecule is CN(CC1Cc2ccccc21)c1ccc(Br)cc1N. The van der Waals surface area contributed by atoms with Crippen LogP contribution in [-0.2, 0) is 6.42 Å². The molecule has 0 saturated carbocycles. The Bertz CT molecular complexity index is 609. The molecule has 19 heavy (non-hydrogen) atoms. The lowest BCUT2D eigenvalue weighted by molar-refractivity contribution is 0.601. The number of fused-ring (bicyclic) bond motifs is 1. The van der Waals surface area contributed by atoms with E-state index in [0.717, 1.165) is 22.4 Å². The Morgan fingerprint density at radius 2 is 2.05 bits per heavy atom. The zero-order valence-electron chi connectivity index (χ0n) is 10.9. The first kappa shape index (κ1) is 12.5. The summed E-state index contributed by atoms with van der Waals surface area (Å²) in [5, 5.41) is 0. The van der Waals surface area contributed by atoms with Gasteiger partial charge in [-0.2, -0.15) is 0 Å². The van der Waals surface area contributed by atoms with Crippen LogP contribution in [0.2, 0.25) is 0 Å². The highest BCUT2D eigenvalue weighted by Gasteiger charge is 2.26. The van der Waals surface area contributed by atoms with Gasteiger partial charge in [-0.05, 0) is 35.7 Å². The molecule has 2 aromatic carbocycles. The van der Waals surface area contributed by atoms with Crippen LogP contribution < -0.4 is 10.6 Å². The van der Waals surface area contributed by atoms with Crippen LogP contribution in [0.4, 0.5) is 11.4 Å². The standard InChI is InChI=1S/C16H17BrN2/c1-19(16-7-6-13(17)9-15(16)18)10-12-8-11-4-2-3-5-14(11)12/h2-7,9,12H,8,10,18H2,1H3. The van der Waals surface area contributed by atoms with Crippen LogP contribution >= 0.6 is 15.9 Å². The minimum absolute atomic E-state index is 0.629. The lowest BCUT2D eigenvalue weighted by Crippen LogP contribution is -2.31. The molecular weight excluding hydrogens is 300 g/mol. The second-order valence-electron chi connectivity index (χ2n) is 5.18. The molecule has 1 atom stereocenters. The fraction of sp³-hybridized carbons (Fsp3) is 0.250. The fourth-order valence-corrected chi connectivity index (χ4v) is 3.21. The van der Waals surface area contributed by atoms with Crippen LogP contribution in [0, 0.1) is 0 Å². The lowest BCUT2D eigenvalue weighted by Gasteiger charge is -2.34. The molecule has 0 bridgehead atoms. The van der Waals surface area contributed by atoms with Gasteiger partial charge < -0.3 is 10.6 Å². The van der Waals surface area contributed by atoms with Gasteiger partial charge in [0.25, 0.3) is 0 Å². The molecule has 2 aromatic rings. The van der Waals surface area contributed by atoms with Crippen LogP contribution in [0.1, 0.15) is 17.0 Å². The molecule has 1 aliphatic rings. The molecular formula is C16H17BrN2. The molecule has 98 valence electrons. The molecule has 0 aromatic heterocycles. The predicted molar refractivity (Wildman–Crippen MR) is 84.7 cm³/mol. The van der Waals surface area contributed by atoms with E-state index in [1.165, 1.54) is 17.5 Å². The van der Waals surface area contributed by atoms with Crippen LogP contribution in [-0.4, -0.2) is 13.6 Å². The number of nitrogens with two attached hydrogens (primary N) is 1. The molecule has 3 heteroatoms. The minimum atomic E-state index is 0.629. The summed E-state index contributed by atoms with van der Waals surface area (Å²) in [7, 11) is 2.11. The van der Waals surface area contributed by atoms with Crippen molar-refractivity contribution in [1.82, 2.24) is 0 Å². The highest BCUT2D eigenvalue weighted by molar-refractivity contribution is 9.10. The number of anilines is 2. The Labute approximate surface area is 122 Å². The third-order valence-electron chi connectivity index (χ3n) is 3.86. The van der Waals surface area contributed by atoms with Crippen molar-refractivity contribution in [2.24, 2.45) is 0 Å². The van der Waals surface area contributed by atoms with Gasteiger partial charge in [0.15, 0.2) is 0 Å². The van der Waals surface area contributed by atoms with Gasteiger partial charge in [0, 0.05) is 24.0 Å². The topological polar surface area (TPSA) is 29.3 Å². The third kappa shape index (κ3) is 2.35. The van der Waals surface area contributed by atoms with Gasteiger partial charge in [-0.15, -0.1) is 0 Å². The second-order valence-corrected chi connectivity index (χ2v) is 6.10. The van der Waals surface area contributed by atoms with Gasteiger partial charge >= 0.3 is 0 Å². The van der Waals surface area contributed by atoms with Crippen LogP contribution in [0.25, 0.3) is 0 Å². The van der Waals surface area contributed by atoms with Crippen molar-refractivity contribution in [3.05, 3.63) is 58.1 Å². The Kier molecular flexibility index (Phi) is 3.23. The van der Waals surface area contributed by atoms with Crippen molar-refractivity contribution in [2.75, 3.05) is 24.2 Å².